The van der Waals surface area contributed by atoms with E-state index in [0.717, 1.165) is 37.0 Å². The Kier molecular flexibility index (Phi) is 21.3. The van der Waals surface area contributed by atoms with Crippen molar-refractivity contribution in [1.29, 1.82) is 0 Å². The van der Waals surface area contributed by atoms with Crippen molar-refractivity contribution in [3.63, 3.8) is 0 Å². The fourth-order valence-electron chi connectivity index (χ4n) is 1.34. The van der Waals surface area contributed by atoms with Gasteiger partial charge in [-0.05, 0) is 37.0 Å². The van der Waals surface area contributed by atoms with Gasteiger partial charge in [-0.1, -0.05) is 41.5 Å². The summed E-state index contributed by atoms with van der Waals surface area (Å²) in [4.78, 5) is 0. The number of halogens is 4. The summed E-state index contributed by atoms with van der Waals surface area (Å²) >= 11 is 13.3. The van der Waals surface area contributed by atoms with E-state index in [1.165, 1.54) is 0 Å². The van der Waals surface area contributed by atoms with E-state index in [9.17, 15) is 9.13 Å². The van der Waals surface area contributed by atoms with Gasteiger partial charge < -0.3 is 9.13 Å². The Morgan fingerprint density at radius 3 is 0.667 bits per heavy atom. The van der Waals surface area contributed by atoms with Crippen molar-refractivity contribution >= 4 is 74.7 Å². The van der Waals surface area contributed by atoms with E-state index in [-0.39, 0.29) is 0 Å². The van der Waals surface area contributed by atoms with Crippen molar-refractivity contribution in [1.82, 2.24) is 0 Å². The normalized spacial score (nSPS) is 12.7. The average Bonchev–Trinajstić information content (AvgIpc) is 2.44. The average molecular weight is 716 g/mol. The second kappa shape index (κ2) is 15.4. The molecular formula is C12H30Br4O2P2Te. The molecule has 0 radical (unpaired) electrons. The van der Waals surface area contributed by atoms with Gasteiger partial charge in [-0.25, -0.2) is 0 Å². The number of hydrogen-bond acceptors (Lipinski definition) is 2. The van der Waals surface area contributed by atoms with Crippen LogP contribution in [0.5, 0.6) is 0 Å². The summed E-state index contributed by atoms with van der Waals surface area (Å²) in [5.41, 5.74) is 0. The molecule has 0 saturated carbocycles. The fourth-order valence-corrected chi connectivity index (χ4v) is 4.02. The van der Waals surface area contributed by atoms with Gasteiger partial charge in [0, 0.05) is 0 Å². The maximum atomic E-state index is 11.3. The van der Waals surface area contributed by atoms with Crippen LogP contribution in [0.4, 0.5) is 0 Å². The molecule has 0 unspecified atom stereocenters. The smallest absolute Gasteiger partial charge is 0.0869 e. The van der Waals surface area contributed by atoms with E-state index in [1.807, 2.05) is 41.5 Å². The van der Waals surface area contributed by atoms with Crippen molar-refractivity contribution in [2.45, 2.75) is 41.5 Å². The van der Waals surface area contributed by atoms with Crippen LogP contribution < -0.4 is 0 Å². The first-order valence-corrected chi connectivity index (χ1v) is 32.5. The third-order valence-corrected chi connectivity index (χ3v) is 10.4. The molecule has 9 heteroatoms. The summed E-state index contributed by atoms with van der Waals surface area (Å²) in [6.45, 7) is 12.0. The second-order valence-corrected chi connectivity index (χ2v) is 75.4. The minimum Gasteiger partial charge on any atom is -0.324 e. The maximum absolute atomic E-state index is 11.3. The summed E-state index contributed by atoms with van der Waals surface area (Å²) in [5.74, 6) is 0. The summed E-state index contributed by atoms with van der Waals surface area (Å²) in [7, 11) is -5.09. The Bertz CT molecular complexity index is 266. The first-order valence-electron chi connectivity index (χ1n) is 7.12. The maximum Gasteiger partial charge on any atom is 0.0869 e. The minimum absolute atomic E-state index is 0.875. The molecule has 0 aromatic carbocycles. The van der Waals surface area contributed by atoms with Gasteiger partial charge in [0.2, 0.25) is 0 Å². The van der Waals surface area contributed by atoms with Crippen LogP contribution in [-0.4, -0.2) is 46.3 Å². The Balaban J connectivity index is -0.000000239. The van der Waals surface area contributed by atoms with Gasteiger partial charge in [0.25, 0.3) is 0 Å². The van der Waals surface area contributed by atoms with Gasteiger partial charge in [0.1, 0.15) is 0 Å². The summed E-state index contributed by atoms with van der Waals surface area (Å²) in [6, 6.07) is 0. The van der Waals surface area contributed by atoms with Gasteiger partial charge in [-0.15, -0.1) is 0 Å². The molecule has 0 saturated heterocycles. The molecule has 0 aliphatic heterocycles. The molecule has 0 aromatic rings. The van der Waals surface area contributed by atoms with Crippen LogP contribution >= 0.6 is 65.3 Å². The SMILES string of the molecule is Br[Te](Br)(Br)Br.CCP(=O)(CC)CC.CCP(=O)(CC)CC. The van der Waals surface area contributed by atoms with Crippen molar-refractivity contribution in [2.75, 3.05) is 37.0 Å². The first kappa shape index (κ1) is 29.0. The first-order chi connectivity index (χ1) is 9.36. The molecule has 0 rings (SSSR count). The van der Waals surface area contributed by atoms with Crippen molar-refractivity contribution < 1.29 is 9.13 Å². The zero-order chi connectivity index (χ0) is 17.7. The van der Waals surface area contributed by atoms with E-state index >= 15 is 0 Å². The van der Waals surface area contributed by atoms with E-state index in [2.05, 4.69) is 51.0 Å². The van der Waals surface area contributed by atoms with Gasteiger partial charge >= 0.3 is 60.4 Å². The molecular weight excluding hydrogens is 685 g/mol. The molecule has 0 N–H and O–H groups in total. The predicted molar refractivity (Wildman–Crippen MR) is 120 cm³/mol. The number of hydrogen-bond donors (Lipinski definition) is 0. The molecule has 0 aliphatic rings. The third-order valence-electron chi connectivity index (χ3n) is 3.46. The molecule has 0 aliphatic carbocycles. The number of rotatable bonds is 6. The van der Waals surface area contributed by atoms with Crippen molar-refractivity contribution in [3.05, 3.63) is 0 Å². The van der Waals surface area contributed by atoms with Gasteiger partial charge in [-0.3, -0.25) is 0 Å². The molecule has 0 atom stereocenters. The van der Waals surface area contributed by atoms with Crippen molar-refractivity contribution in [3.8, 4) is 0 Å². The van der Waals surface area contributed by atoms with Gasteiger partial charge in [0.05, 0.1) is 14.3 Å². The second-order valence-electron chi connectivity index (χ2n) is 4.36. The molecule has 2 nitrogen and oxygen atoms in total. The zero-order valence-corrected chi connectivity index (χ0v) is 24.3. The standard InChI is InChI=1S/2C6H15OP.Br4Te/c2*1-4-8(7,5-2)6-3;1-5(2,3)4/h2*4-6H2,1-3H3;. The molecule has 0 bridgehead atoms. The van der Waals surface area contributed by atoms with Crippen LogP contribution in [-0.2, 0) is 9.13 Å². The Labute approximate surface area is 160 Å². The van der Waals surface area contributed by atoms with E-state index in [0.29, 0.717) is 0 Å². The molecule has 21 heavy (non-hydrogen) atoms. The molecule has 0 amide bonds. The molecule has 0 aromatic heterocycles. The Hall–Kier alpha value is 3.17. The van der Waals surface area contributed by atoms with E-state index in [1.54, 1.807) is 0 Å². The minimum atomic E-state index is -1.77. The largest absolute Gasteiger partial charge is 0.324 e. The summed E-state index contributed by atoms with van der Waals surface area (Å²) in [6.07, 6.45) is 5.25. The quantitative estimate of drug-likeness (QED) is 0.208. The van der Waals surface area contributed by atoms with Crippen LogP contribution in [0.1, 0.15) is 41.5 Å². The van der Waals surface area contributed by atoms with Gasteiger partial charge in [-0.2, -0.15) is 0 Å². The topological polar surface area (TPSA) is 34.1 Å². The predicted octanol–water partition coefficient (Wildman–Crippen LogP) is 7.82. The van der Waals surface area contributed by atoms with Crippen LogP contribution in [0, 0.1) is 0 Å². The van der Waals surface area contributed by atoms with Crippen molar-refractivity contribution in [2.24, 2.45) is 0 Å². The Morgan fingerprint density at radius 1 is 0.571 bits per heavy atom. The van der Waals surface area contributed by atoms with Crippen LogP contribution in [0.25, 0.3) is 0 Å². The van der Waals surface area contributed by atoms with E-state index < -0.39 is 23.6 Å². The van der Waals surface area contributed by atoms with Crippen LogP contribution in [0.15, 0.2) is 0 Å². The third kappa shape index (κ3) is 23.2. The van der Waals surface area contributed by atoms with Crippen LogP contribution in [0.2, 0.25) is 0 Å². The molecule has 0 spiro atoms. The monoisotopic (exact) mass is 714 g/mol. The molecule has 134 valence electrons. The molecule has 0 fully saturated rings. The van der Waals surface area contributed by atoms with Crippen LogP contribution in [0.3, 0.4) is 0 Å². The zero-order valence-electron chi connectivity index (χ0n) is 13.9. The summed E-state index contributed by atoms with van der Waals surface area (Å²) in [5, 5.41) is 0. The molecule has 0 heterocycles. The Morgan fingerprint density at radius 2 is 0.667 bits per heavy atom. The fraction of sp³-hybridized carbons (Fsp3) is 1.00. The van der Waals surface area contributed by atoms with E-state index in [4.69, 9.17) is 0 Å². The van der Waals surface area contributed by atoms with Gasteiger partial charge in [0.15, 0.2) is 0 Å². The summed E-state index contributed by atoms with van der Waals surface area (Å²) < 4.78 is 22.6.